The number of anilines is 2. The van der Waals surface area contributed by atoms with Crippen LogP contribution in [0.5, 0.6) is 5.75 Å². The van der Waals surface area contributed by atoms with E-state index >= 15 is 0 Å². The average molecular weight is 599 g/mol. The first-order valence-corrected chi connectivity index (χ1v) is 15.0. The third kappa shape index (κ3) is 7.44. The van der Waals surface area contributed by atoms with E-state index in [1.807, 2.05) is 6.92 Å². The molecule has 3 atom stereocenters. The van der Waals surface area contributed by atoms with E-state index in [1.165, 1.54) is 47.8 Å². The van der Waals surface area contributed by atoms with E-state index in [0.717, 1.165) is 0 Å². The number of amides is 3. The van der Waals surface area contributed by atoms with E-state index in [9.17, 15) is 27.5 Å². The van der Waals surface area contributed by atoms with Crippen LogP contribution in [0.1, 0.15) is 19.4 Å². The van der Waals surface area contributed by atoms with Gasteiger partial charge in [0, 0.05) is 36.4 Å². The van der Waals surface area contributed by atoms with Gasteiger partial charge in [-0.1, -0.05) is 25.1 Å². The first-order valence-electron chi connectivity index (χ1n) is 13.5. The number of urea groups is 1. The standard InChI is InChI=1S/C30H35FN4O6S/c1-20-17-35(21(2)19-36)29(37)16-22-15-25(33-30(38)32-24-11-9-23(31)10-12-24)13-14-27(22)41-28(20)18-34(3)42(39,40)26-7-5-4-6-8-26/h4-15,20-21,28,36H,16-19H2,1-3H3,(H2,32,33,38)/t20-,21+,28+/m0/s1. The number of nitrogens with zero attached hydrogens (tertiary/aromatic N) is 2. The summed E-state index contributed by atoms with van der Waals surface area (Å²) in [6.45, 7) is 3.61. The Bertz CT molecular complexity index is 1500. The number of rotatable bonds is 8. The van der Waals surface area contributed by atoms with Gasteiger partial charge in [-0.25, -0.2) is 17.6 Å². The second kappa shape index (κ2) is 13.3. The van der Waals surface area contributed by atoms with Crippen molar-refractivity contribution in [3.8, 4) is 5.75 Å². The van der Waals surface area contributed by atoms with E-state index in [1.54, 1.807) is 48.2 Å². The Labute approximate surface area is 245 Å². The molecule has 1 aliphatic heterocycles. The molecule has 1 aliphatic rings. The molecule has 0 radical (unpaired) electrons. The van der Waals surface area contributed by atoms with Crippen molar-refractivity contribution < 1.29 is 32.2 Å². The van der Waals surface area contributed by atoms with Crippen LogP contribution < -0.4 is 15.4 Å². The topological polar surface area (TPSA) is 128 Å². The number of aliphatic hydroxyl groups is 1. The minimum atomic E-state index is -3.81. The molecule has 0 saturated carbocycles. The molecule has 12 heteroatoms. The van der Waals surface area contributed by atoms with Crippen LogP contribution >= 0.6 is 0 Å². The van der Waals surface area contributed by atoms with Gasteiger partial charge in [-0.3, -0.25) is 4.79 Å². The fourth-order valence-corrected chi connectivity index (χ4v) is 5.88. The molecule has 3 N–H and O–H groups in total. The summed E-state index contributed by atoms with van der Waals surface area (Å²) in [7, 11) is -2.32. The Hall–Kier alpha value is -4.00. The van der Waals surface area contributed by atoms with E-state index in [4.69, 9.17) is 4.74 Å². The monoisotopic (exact) mass is 598 g/mol. The lowest BCUT2D eigenvalue weighted by Gasteiger charge is -2.33. The second-order valence-electron chi connectivity index (χ2n) is 10.4. The molecular formula is C30H35FN4O6S. The molecule has 3 aromatic rings. The number of ether oxygens (including phenoxy) is 1. The van der Waals surface area contributed by atoms with Gasteiger partial charge in [-0.05, 0) is 61.5 Å². The molecule has 3 amide bonds. The van der Waals surface area contributed by atoms with Gasteiger partial charge < -0.3 is 25.4 Å². The number of halogens is 1. The zero-order valence-corrected chi connectivity index (χ0v) is 24.5. The molecule has 0 spiro atoms. The molecule has 0 unspecified atom stereocenters. The molecule has 0 aromatic heterocycles. The van der Waals surface area contributed by atoms with Crippen molar-refractivity contribution in [1.29, 1.82) is 0 Å². The van der Waals surface area contributed by atoms with Crippen LogP contribution in [0.25, 0.3) is 0 Å². The molecular weight excluding hydrogens is 563 g/mol. The van der Waals surface area contributed by atoms with Crippen molar-refractivity contribution in [2.24, 2.45) is 5.92 Å². The lowest BCUT2D eigenvalue weighted by atomic mass is 10.0. The summed E-state index contributed by atoms with van der Waals surface area (Å²) in [6, 6.07) is 17.2. The molecule has 1 heterocycles. The molecule has 0 bridgehead atoms. The van der Waals surface area contributed by atoms with E-state index in [-0.39, 0.29) is 42.8 Å². The molecule has 224 valence electrons. The number of fused-ring (bicyclic) bond motifs is 1. The highest BCUT2D eigenvalue weighted by molar-refractivity contribution is 7.89. The molecule has 3 aromatic carbocycles. The third-order valence-corrected chi connectivity index (χ3v) is 9.00. The number of nitrogens with one attached hydrogen (secondary N) is 2. The van der Waals surface area contributed by atoms with Gasteiger partial charge in [0.05, 0.1) is 30.5 Å². The minimum Gasteiger partial charge on any atom is -0.488 e. The second-order valence-corrected chi connectivity index (χ2v) is 12.4. The largest absolute Gasteiger partial charge is 0.488 e. The van der Waals surface area contributed by atoms with Crippen LogP contribution in [0.2, 0.25) is 0 Å². The smallest absolute Gasteiger partial charge is 0.323 e. The van der Waals surface area contributed by atoms with E-state index in [2.05, 4.69) is 10.6 Å². The lowest BCUT2D eigenvalue weighted by Crippen LogP contribution is -2.48. The number of benzene rings is 3. The van der Waals surface area contributed by atoms with Gasteiger partial charge in [0.25, 0.3) is 0 Å². The van der Waals surface area contributed by atoms with Gasteiger partial charge in [0.15, 0.2) is 0 Å². The number of carbonyl (C=O) groups is 2. The molecule has 10 nitrogen and oxygen atoms in total. The Balaban J connectivity index is 1.61. The first kappa shape index (κ1) is 30.9. The zero-order chi connectivity index (χ0) is 30.4. The number of aliphatic hydroxyl groups excluding tert-OH is 1. The zero-order valence-electron chi connectivity index (χ0n) is 23.7. The number of likely N-dealkylation sites (N-methyl/N-ethyl adjacent to an activating group) is 1. The van der Waals surface area contributed by atoms with Gasteiger partial charge in [-0.15, -0.1) is 0 Å². The molecule has 4 rings (SSSR count). The van der Waals surface area contributed by atoms with Gasteiger partial charge in [-0.2, -0.15) is 4.31 Å². The fraction of sp³-hybridized carbons (Fsp3) is 0.333. The fourth-order valence-electron chi connectivity index (χ4n) is 4.68. The number of hydrogen-bond donors (Lipinski definition) is 3. The summed E-state index contributed by atoms with van der Waals surface area (Å²) < 4.78 is 47.3. The minimum absolute atomic E-state index is 0.00739. The van der Waals surface area contributed by atoms with Gasteiger partial charge in [0.2, 0.25) is 15.9 Å². The van der Waals surface area contributed by atoms with Gasteiger partial charge >= 0.3 is 6.03 Å². The van der Waals surface area contributed by atoms with Crippen molar-refractivity contribution in [2.75, 3.05) is 37.4 Å². The summed E-state index contributed by atoms with van der Waals surface area (Å²) >= 11 is 0. The predicted octanol–water partition coefficient (Wildman–Crippen LogP) is 3.94. The van der Waals surface area contributed by atoms with Crippen LogP contribution in [-0.4, -0.2) is 73.6 Å². The number of sulfonamides is 1. The van der Waals surface area contributed by atoms with E-state index < -0.39 is 34.0 Å². The molecule has 42 heavy (non-hydrogen) atoms. The van der Waals surface area contributed by atoms with Crippen LogP contribution in [0.3, 0.4) is 0 Å². The van der Waals surface area contributed by atoms with Crippen molar-refractivity contribution in [3.05, 3.63) is 84.2 Å². The maximum Gasteiger partial charge on any atom is 0.323 e. The normalized spacial score (nSPS) is 18.2. The third-order valence-electron chi connectivity index (χ3n) is 7.16. The summed E-state index contributed by atoms with van der Waals surface area (Å²) in [5.74, 6) is -0.591. The summed E-state index contributed by atoms with van der Waals surface area (Å²) in [5.41, 5.74) is 1.27. The highest BCUT2D eigenvalue weighted by Gasteiger charge is 2.33. The SMILES string of the molecule is C[C@H](CO)N1C[C@H](C)[C@@H](CN(C)S(=O)(=O)c2ccccc2)Oc2ccc(NC(=O)Nc3ccc(F)cc3)cc2CC1=O. The van der Waals surface area contributed by atoms with Crippen molar-refractivity contribution >= 4 is 33.3 Å². The van der Waals surface area contributed by atoms with Crippen LogP contribution in [0, 0.1) is 11.7 Å². The van der Waals surface area contributed by atoms with Crippen molar-refractivity contribution in [2.45, 2.75) is 37.3 Å². The Morgan fingerprint density at radius 2 is 1.74 bits per heavy atom. The average Bonchev–Trinajstić information content (AvgIpc) is 3.01. The first-order chi connectivity index (χ1) is 20.0. The molecule has 0 fully saturated rings. The highest BCUT2D eigenvalue weighted by Crippen LogP contribution is 2.30. The lowest BCUT2D eigenvalue weighted by molar-refractivity contribution is -0.134. The molecule has 0 aliphatic carbocycles. The van der Waals surface area contributed by atoms with Gasteiger partial charge in [0.1, 0.15) is 17.7 Å². The van der Waals surface area contributed by atoms with Crippen molar-refractivity contribution in [3.63, 3.8) is 0 Å². The van der Waals surface area contributed by atoms with Crippen molar-refractivity contribution in [1.82, 2.24) is 9.21 Å². The Morgan fingerprint density at radius 1 is 1.10 bits per heavy atom. The molecule has 0 saturated heterocycles. The Morgan fingerprint density at radius 3 is 2.40 bits per heavy atom. The maximum atomic E-state index is 13.4. The predicted molar refractivity (Wildman–Crippen MR) is 157 cm³/mol. The summed E-state index contributed by atoms with van der Waals surface area (Å²) in [6.07, 6.45) is -0.709. The van der Waals surface area contributed by atoms with Crippen LogP contribution in [-0.2, 0) is 21.2 Å². The van der Waals surface area contributed by atoms with Crippen LogP contribution in [0.4, 0.5) is 20.6 Å². The highest BCUT2D eigenvalue weighted by atomic mass is 32.2. The summed E-state index contributed by atoms with van der Waals surface area (Å²) in [5, 5.41) is 15.2. The maximum absolute atomic E-state index is 13.4. The summed E-state index contributed by atoms with van der Waals surface area (Å²) in [4.78, 5) is 27.7. The Kier molecular flexibility index (Phi) is 9.81. The quantitative estimate of drug-likeness (QED) is 0.361. The number of hydrogen-bond acceptors (Lipinski definition) is 6. The number of carbonyl (C=O) groups excluding carboxylic acids is 2. The van der Waals surface area contributed by atoms with Crippen LogP contribution in [0.15, 0.2) is 77.7 Å². The van der Waals surface area contributed by atoms with E-state index in [0.29, 0.717) is 22.7 Å².